The topological polar surface area (TPSA) is 12.0 Å². The van der Waals surface area contributed by atoms with Crippen molar-refractivity contribution >= 4 is 0 Å². The van der Waals surface area contributed by atoms with Crippen molar-refractivity contribution < 1.29 is 0 Å². The summed E-state index contributed by atoms with van der Waals surface area (Å²) in [5, 5.41) is 3.52. The quantitative estimate of drug-likeness (QED) is 0.519. The molecule has 0 amide bonds. The average Bonchev–Trinajstić information content (AvgIpc) is 2.79. The van der Waals surface area contributed by atoms with E-state index in [0.717, 1.165) is 12.6 Å². The summed E-state index contributed by atoms with van der Waals surface area (Å²) in [6.45, 7) is 10.2. The lowest BCUT2D eigenvalue weighted by Gasteiger charge is -2.19. The highest BCUT2D eigenvalue weighted by Crippen LogP contribution is 2.24. The first kappa shape index (κ1) is 10.8. The second-order valence-electron chi connectivity index (χ2n) is 5.15. The number of hydrogen-bond acceptors (Lipinski definition) is 1. The summed E-state index contributed by atoms with van der Waals surface area (Å²) in [4.78, 5) is 0. The van der Waals surface area contributed by atoms with Crippen LogP contribution in [0.2, 0.25) is 0 Å². The summed E-state index contributed by atoms with van der Waals surface area (Å²) in [6.07, 6.45) is 6.33. The van der Waals surface area contributed by atoms with Gasteiger partial charge in [0.05, 0.1) is 0 Å². The van der Waals surface area contributed by atoms with Crippen molar-refractivity contribution in [1.82, 2.24) is 5.32 Å². The van der Waals surface area contributed by atoms with E-state index in [1.807, 2.05) is 0 Å². The summed E-state index contributed by atoms with van der Waals surface area (Å²) >= 11 is 0. The first-order chi connectivity index (χ1) is 6.00. The van der Waals surface area contributed by atoms with Crippen LogP contribution in [0.1, 0.15) is 47.0 Å². The fraction of sp³-hybridized carbons (Fsp3) is 0.833. The van der Waals surface area contributed by atoms with Gasteiger partial charge in [-0.05, 0) is 38.1 Å². The van der Waals surface area contributed by atoms with E-state index in [1.54, 1.807) is 0 Å². The number of hydrogen-bond donors (Lipinski definition) is 1. The average molecular weight is 181 g/mol. The molecule has 1 N–H and O–H groups in total. The van der Waals surface area contributed by atoms with E-state index < -0.39 is 0 Å². The fourth-order valence-electron chi connectivity index (χ4n) is 1.17. The number of rotatable bonds is 4. The van der Waals surface area contributed by atoms with Crippen molar-refractivity contribution in [2.45, 2.75) is 53.0 Å². The lowest BCUT2D eigenvalue weighted by Crippen LogP contribution is -2.17. The summed E-state index contributed by atoms with van der Waals surface area (Å²) in [5.41, 5.74) is 1.85. The molecule has 0 aliphatic heterocycles. The highest BCUT2D eigenvalue weighted by atomic mass is 14.9. The zero-order valence-electron chi connectivity index (χ0n) is 9.48. The minimum Gasteiger partial charge on any atom is -0.314 e. The lowest BCUT2D eigenvalue weighted by atomic mass is 9.87. The van der Waals surface area contributed by atoms with E-state index in [9.17, 15) is 0 Å². The molecule has 13 heavy (non-hydrogen) atoms. The second-order valence-corrected chi connectivity index (χ2v) is 5.15. The van der Waals surface area contributed by atoms with Crippen molar-refractivity contribution in [1.29, 1.82) is 0 Å². The summed E-state index contributed by atoms with van der Waals surface area (Å²) in [7, 11) is 0. The fourth-order valence-corrected chi connectivity index (χ4v) is 1.17. The molecule has 1 fully saturated rings. The van der Waals surface area contributed by atoms with E-state index in [2.05, 4.69) is 39.1 Å². The van der Waals surface area contributed by atoms with E-state index in [1.165, 1.54) is 24.8 Å². The highest BCUT2D eigenvalue weighted by Gasteiger charge is 2.19. The molecule has 0 aromatic carbocycles. The van der Waals surface area contributed by atoms with Gasteiger partial charge in [-0.15, -0.1) is 0 Å². The Balaban J connectivity index is 2.14. The third kappa shape index (κ3) is 4.47. The third-order valence-electron chi connectivity index (χ3n) is 2.79. The Morgan fingerprint density at radius 3 is 2.46 bits per heavy atom. The van der Waals surface area contributed by atoms with E-state index in [4.69, 9.17) is 0 Å². The maximum absolute atomic E-state index is 3.52. The van der Waals surface area contributed by atoms with E-state index in [-0.39, 0.29) is 0 Å². The van der Waals surface area contributed by atoms with Crippen LogP contribution in [0.4, 0.5) is 0 Å². The minimum absolute atomic E-state index is 0.347. The van der Waals surface area contributed by atoms with Crippen molar-refractivity contribution in [3.05, 3.63) is 11.6 Å². The van der Waals surface area contributed by atoms with Crippen LogP contribution in [0.3, 0.4) is 0 Å². The summed E-state index contributed by atoms with van der Waals surface area (Å²) < 4.78 is 0. The van der Waals surface area contributed by atoms with Crippen molar-refractivity contribution in [2.24, 2.45) is 5.41 Å². The van der Waals surface area contributed by atoms with Gasteiger partial charge in [-0.1, -0.05) is 32.4 Å². The molecular weight excluding hydrogens is 158 g/mol. The third-order valence-corrected chi connectivity index (χ3v) is 2.79. The molecule has 0 aromatic heterocycles. The Morgan fingerprint density at radius 1 is 1.38 bits per heavy atom. The number of nitrogens with one attached hydrogen (secondary N) is 1. The van der Waals surface area contributed by atoms with Gasteiger partial charge >= 0.3 is 0 Å². The van der Waals surface area contributed by atoms with Crippen LogP contribution in [0.15, 0.2) is 11.6 Å². The zero-order valence-corrected chi connectivity index (χ0v) is 9.48. The Morgan fingerprint density at radius 2 is 2.00 bits per heavy atom. The van der Waals surface area contributed by atoms with Gasteiger partial charge in [0.15, 0.2) is 0 Å². The molecule has 0 bridgehead atoms. The zero-order chi connectivity index (χ0) is 9.90. The minimum atomic E-state index is 0.347. The molecule has 0 unspecified atom stereocenters. The van der Waals surface area contributed by atoms with E-state index >= 15 is 0 Å². The van der Waals surface area contributed by atoms with Crippen LogP contribution in [0.5, 0.6) is 0 Å². The molecule has 1 saturated carbocycles. The number of allylic oxidation sites excluding steroid dienone is 1. The molecule has 0 aromatic rings. The van der Waals surface area contributed by atoms with Crippen molar-refractivity contribution in [3.8, 4) is 0 Å². The van der Waals surface area contributed by atoms with Gasteiger partial charge in [0, 0.05) is 6.04 Å². The molecule has 0 heterocycles. The van der Waals surface area contributed by atoms with Crippen molar-refractivity contribution in [2.75, 3.05) is 6.54 Å². The predicted octanol–water partition coefficient (Wildman–Crippen LogP) is 3.12. The molecule has 1 rings (SSSR count). The normalized spacial score (nSPS) is 19.2. The molecule has 0 saturated heterocycles. The van der Waals surface area contributed by atoms with Crippen LogP contribution >= 0.6 is 0 Å². The van der Waals surface area contributed by atoms with Gasteiger partial charge in [-0.25, -0.2) is 0 Å². The molecule has 0 radical (unpaired) electrons. The van der Waals surface area contributed by atoms with Crippen LogP contribution in [-0.2, 0) is 0 Å². The van der Waals surface area contributed by atoms with Gasteiger partial charge in [0.2, 0.25) is 0 Å². The van der Waals surface area contributed by atoms with Crippen molar-refractivity contribution in [3.63, 3.8) is 0 Å². The van der Waals surface area contributed by atoms with Crippen LogP contribution in [0, 0.1) is 5.41 Å². The molecule has 76 valence electrons. The predicted molar refractivity (Wildman–Crippen MR) is 58.9 cm³/mol. The maximum atomic E-state index is 3.52. The molecule has 0 spiro atoms. The molecular formula is C12H23N. The molecule has 1 nitrogen and oxygen atoms in total. The van der Waals surface area contributed by atoms with Gasteiger partial charge in [0.1, 0.15) is 0 Å². The molecule has 1 heteroatoms. The molecule has 1 aliphatic carbocycles. The maximum Gasteiger partial charge on any atom is 0.00683 e. The smallest absolute Gasteiger partial charge is 0.00683 e. The standard InChI is InChI=1S/C12H23N/c1-10(12(2,3)4)6-5-9-13-11-7-8-11/h6,11,13H,5,7-9H2,1-4H3. The van der Waals surface area contributed by atoms with Crippen LogP contribution in [-0.4, -0.2) is 12.6 Å². The molecule has 0 atom stereocenters. The van der Waals surface area contributed by atoms with Gasteiger partial charge < -0.3 is 5.32 Å². The first-order valence-corrected chi connectivity index (χ1v) is 5.41. The molecule has 1 aliphatic rings. The van der Waals surface area contributed by atoms with E-state index in [0.29, 0.717) is 5.41 Å². The summed E-state index contributed by atoms with van der Waals surface area (Å²) in [5.74, 6) is 0. The first-order valence-electron chi connectivity index (χ1n) is 5.41. The lowest BCUT2D eigenvalue weighted by molar-refractivity contribution is 0.500. The van der Waals surface area contributed by atoms with Crippen LogP contribution in [0.25, 0.3) is 0 Å². The van der Waals surface area contributed by atoms with Crippen LogP contribution < -0.4 is 5.32 Å². The summed E-state index contributed by atoms with van der Waals surface area (Å²) in [6, 6.07) is 0.850. The highest BCUT2D eigenvalue weighted by molar-refractivity contribution is 5.07. The van der Waals surface area contributed by atoms with Gasteiger partial charge in [-0.3, -0.25) is 0 Å². The Kier molecular flexibility index (Phi) is 3.55. The largest absolute Gasteiger partial charge is 0.314 e. The second kappa shape index (κ2) is 4.28. The Labute approximate surface area is 82.6 Å². The monoisotopic (exact) mass is 181 g/mol. The Hall–Kier alpha value is -0.300. The van der Waals surface area contributed by atoms with Gasteiger partial charge in [-0.2, -0.15) is 0 Å². The Bertz CT molecular complexity index is 182. The van der Waals surface area contributed by atoms with Gasteiger partial charge in [0.25, 0.3) is 0 Å². The SMILES string of the molecule is CC(=CCCNC1CC1)C(C)(C)C.